The lowest BCUT2D eigenvalue weighted by atomic mass is 10.1. The Labute approximate surface area is 155 Å². The number of ether oxygens (including phenoxy) is 2. The van der Waals surface area contributed by atoms with Crippen molar-refractivity contribution in [2.75, 3.05) is 7.11 Å². The van der Waals surface area contributed by atoms with E-state index in [2.05, 4.69) is 4.98 Å². The molecule has 0 radical (unpaired) electrons. The Morgan fingerprint density at radius 2 is 1.74 bits per heavy atom. The molecule has 0 saturated carbocycles. The number of halogens is 1. The van der Waals surface area contributed by atoms with Gasteiger partial charge in [-0.15, -0.1) is 0 Å². The van der Waals surface area contributed by atoms with Crippen LogP contribution < -0.4 is 4.74 Å². The van der Waals surface area contributed by atoms with Gasteiger partial charge in [0.1, 0.15) is 11.6 Å². The zero-order valence-corrected chi connectivity index (χ0v) is 14.8. The van der Waals surface area contributed by atoms with E-state index in [1.54, 1.807) is 24.3 Å². The van der Waals surface area contributed by atoms with Gasteiger partial charge in [-0.05, 0) is 55.5 Å². The number of esters is 1. The summed E-state index contributed by atoms with van der Waals surface area (Å²) >= 11 is 0. The van der Waals surface area contributed by atoms with Crippen LogP contribution in [0.5, 0.6) is 5.75 Å². The summed E-state index contributed by atoms with van der Waals surface area (Å²) in [6, 6.07) is 12.1. The van der Waals surface area contributed by atoms with Crippen molar-refractivity contribution in [3.63, 3.8) is 0 Å². The van der Waals surface area contributed by atoms with Crippen LogP contribution in [0.15, 0.2) is 61.1 Å². The number of carbonyl (C=O) groups is 2. The number of hydrogen-bond acceptors (Lipinski definition) is 5. The predicted octanol–water partition coefficient (Wildman–Crippen LogP) is 3.45. The number of ketones is 1. The van der Waals surface area contributed by atoms with E-state index in [4.69, 9.17) is 9.47 Å². The fourth-order valence-corrected chi connectivity index (χ4v) is 2.52. The van der Waals surface area contributed by atoms with E-state index >= 15 is 0 Å². The Bertz CT molecular complexity index is 949. The highest BCUT2D eigenvalue weighted by Crippen LogP contribution is 2.16. The van der Waals surface area contributed by atoms with Crippen molar-refractivity contribution in [3.05, 3.63) is 78.1 Å². The third kappa shape index (κ3) is 4.03. The fraction of sp³-hybridized carbons (Fsp3) is 0.150. The number of imidazole rings is 1. The molecule has 0 saturated heterocycles. The van der Waals surface area contributed by atoms with Gasteiger partial charge in [0.2, 0.25) is 5.78 Å². The van der Waals surface area contributed by atoms with E-state index in [1.165, 1.54) is 55.4 Å². The predicted molar refractivity (Wildman–Crippen MR) is 95.7 cm³/mol. The van der Waals surface area contributed by atoms with Crippen molar-refractivity contribution in [2.24, 2.45) is 0 Å². The Morgan fingerprint density at radius 3 is 2.37 bits per heavy atom. The van der Waals surface area contributed by atoms with Crippen LogP contribution in [-0.2, 0) is 4.74 Å². The molecule has 0 amide bonds. The highest BCUT2D eigenvalue weighted by Gasteiger charge is 2.23. The number of benzene rings is 2. The van der Waals surface area contributed by atoms with E-state index < -0.39 is 12.1 Å². The maximum absolute atomic E-state index is 13.1. The molecule has 0 aliphatic rings. The molecule has 0 N–H and O–H groups in total. The van der Waals surface area contributed by atoms with Crippen LogP contribution in [0.1, 0.15) is 27.8 Å². The molecule has 0 fully saturated rings. The highest BCUT2D eigenvalue weighted by molar-refractivity contribution is 6.01. The number of rotatable bonds is 6. The molecule has 1 heterocycles. The lowest BCUT2D eigenvalue weighted by Crippen LogP contribution is -2.25. The molecule has 27 heavy (non-hydrogen) atoms. The molecule has 0 bridgehead atoms. The molecular weight excluding hydrogens is 351 g/mol. The molecule has 0 aliphatic carbocycles. The molecule has 1 aromatic heterocycles. The van der Waals surface area contributed by atoms with E-state index in [1.807, 2.05) is 0 Å². The molecule has 7 heteroatoms. The molecular formula is C20H17FN2O4. The average Bonchev–Trinajstić information content (AvgIpc) is 3.18. The maximum atomic E-state index is 13.1. The van der Waals surface area contributed by atoms with Crippen LogP contribution in [0, 0.1) is 5.82 Å². The van der Waals surface area contributed by atoms with Gasteiger partial charge < -0.3 is 9.47 Å². The van der Waals surface area contributed by atoms with E-state index in [0.29, 0.717) is 17.0 Å². The first-order valence-corrected chi connectivity index (χ1v) is 8.17. The average molecular weight is 368 g/mol. The number of hydrogen-bond donors (Lipinski definition) is 0. The summed E-state index contributed by atoms with van der Waals surface area (Å²) in [5.74, 6) is -0.800. The molecule has 138 valence electrons. The first-order valence-electron chi connectivity index (χ1n) is 8.17. The van der Waals surface area contributed by atoms with Gasteiger partial charge in [0.05, 0.1) is 19.6 Å². The highest BCUT2D eigenvalue weighted by atomic mass is 19.1. The van der Waals surface area contributed by atoms with Crippen molar-refractivity contribution in [1.29, 1.82) is 0 Å². The van der Waals surface area contributed by atoms with Gasteiger partial charge in [-0.3, -0.25) is 9.36 Å². The molecule has 6 nitrogen and oxygen atoms in total. The Kier molecular flexibility index (Phi) is 5.30. The van der Waals surface area contributed by atoms with E-state index in [9.17, 15) is 14.0 Å². The first kappa shape index (κ1) is 18.3. The summed E-state index contributed by atoms with van der Waals surface area (Å²) in [4.78, 5) is 28.9. The summed E-state index contributed by atoms with van der Waals surface area (Å²) in [7, 11) is 1.53. The second-order valence-electron chi connectivity index (χ2n) is 5.77. The van der Waals surface area contributed by atoms with E-state index in [0.717, 1.165) is 0 Å². The summed E-state index contributed by atoms with van der Waals surface area (Å²) in [6.45, 7) is 1.50. The molecule has 0 spiro atoms. The topological polar surface area (TPSA) is 70.4 Å². The minimum absolute atomic E-state index is 0.135. The second-order valence-corrected chi connectivity index (χ2v) is 5.77. The van der Waals surface area contributed by atoms with Crippen LogP contribution >= 0.6 is 0 Å². The van der Waals surface area contributed by atoms with Crippen molar-refractivity contribution in [3.8, 4) is 11.4 Å². The number of aromatic nitrogens is 2. The number of methoxy groups -OCH3 is 1. The zero-order chi connectivity index (χ0) is 19.4. The molecule has 0 aliphatic heterocycles. The number of Topliss-reactive ketones (excluding diaryl/α,β-unsaturated/α-hetero) is 1. The van der Waals surface area contributed by atoms with Gasteiger partial charge in [-0.2, -0.15) is 0 Å². The fourth-order valence-electron chi connectivity index (χ4n) is 2.52. The maximum Gasteiger partial charge on any atom is 0.357 e. The largest absolute Gasteiger partial charge is 0.497 e. The van der Waals surface area contributed by atoms with Crippen LogP contribution in [-0.4, -0.2) is 34.5 Å². The molecule has 0 unspecified atom stereocenters. The Balaban J connectivity index is 1.74. The van der Waals surface area contributed by atoms with Crippen LogP contribution in [0.4, 0.5) is 4.39 Å². The Morgan fingerprint density at radius 1 is 1.07 bits per heavy atom. The van der Waals surface area contributed by atoms with Crippen molar-refractivity contribution < 1.29 is 23.5 Å². The normalized spacial score (nSPS) is 11.7. The summed E-state index contributed by atoms with van der Waals surface area (Å²) < 4.78 is 24.9. The Hall–Kier alpha value is -3.48. The molecule has 3 rings (SSSR count). The monoisotopic (exact) mass is 368 g/mol. The van der Waals surface area contributed by atoms with E-state index in [-0.39, 0.29) is 17.3 Å². The van der Waals surface area contributed by atoms with Crippen LogP contribution in [0.25, 0.3) is 5.69 Å². The quantitative estimate of drug-likeness (QED) is 0.492. The molecule has 1 atom stereocenters. The minimum atomic E-state index is -0.984. The summed E-state index contributed by atoms with van der Waals surface area (Å²) in [5.41, 5.74) is 1.09. The first-order chi connectivity index (χ1) is 13.0. The van der Waals surface area contributed by atoms with Crippen molar-refractivity contribution in [1.82, 2.24) is 9.55 Å². The SMILES string of the molecule is COc1ccc(C(=O)[C@H](C)OC(=O)c2cncn2-c2ccc(F)cc2)cc1. The van der Waals surface area contributed by atoms with Gasteiger partial charge in [-0.25, -0.2) is 14.2 Å². The zero-order valence-electron chi connectivity index (χ0n) is 14.8. The third-order valence-corrected chi connectivity index (χ3v) is 3.98. The van der Waals surface area contributed by atoms with Gasteiger partial charge in [0, 0.05) is 11.3 Å². The summed E-state index contributed by atoms with van der Waals surface area (Å²) in [6.07, 6.45) is 1.76. The minimum Gasteiger partial charge on any atom is -0.497 e. The van der Waals surface area contributed by atoms with Crippen LogP contribution in [0.2, 0.25) is 0 Å². The smallest absolute Gasteiger partial charge is 0.357 e. The second kappa shape index (κ2) is 7.82. The molecule has 2 aromatic carbocycles. The van der Waals surface area contributed by atoms with Crippen LogP contribution in [0.3, 0.4) is 0 Å². The van der Waals surface area contributed by atoms with Gasteiger partial charge in [0.25, 0.3) is 0 Å². The lowest BCUT2D eigenvalue weighted by molar-refractivity contribution is 0.0311. The number of nitrogens with zero attached hydrogens (tertiary/aromatic N) is 2. The third-order valence-electron chi connectivity index (χ3n) is 3.98. The standard InChI is InChI=1S/C20H17FN2O4/c1-13(19(24)14-3-9-17(26-2)10-4-14)27-20(25)18-11-22-12-23(18)16-7-5-15(21)6-8-16/h3-13H,1-2H3/t13-/m0/s1. The number of carbonyl (C=O) groups excluding carboxylic acids is 2. The molecule has 3 aromatic rings. The lowest BCUT2D eigenvalue weighted by Gasteiger charge is -2.13. The van der Waals surface area contributed by atoms with Crippen molar-refractivity contribution in [2.45, 2.75) is 13.0 Å². The van der Waals surface area contributed by atoms with Gasteiger partial charge in [0.15, 0.2) is 11.8 Å². The summed E-state index contributed by atoms with van der Waals surface area (Å²) in [5, 5.41) is 0. The van der Waals surface area contributed by atoms with Gasteiger partial charge >= 0.3 is 5.97 Å². The van der Waals surface area contributed by atoms with Crippen molar-refractivity contribution >= 4 is 11.8 Å². The van der Waals surface area contributed by atoms with Gasteiger partial charge in [-0.1, -0.05) is 0 Å².